The van der Waals surface area contributed by atoms with E-state index in [4.69, 9.17) is 9.47 Å². The number of carbonyl (C=O) groups is 1. The Morgan fingerprint density at radius 3 is 2.77 bits per heavy atom. The van der Waals surface area contributed by atoms with Crippen molar-refractivity contribution in [3.8, 4) is 11.5 Å². The molecule has 138 valence electrons. The van der Waals surface area contributed by atoms with Gasteiger partial charge < -0.3 is 19.7 Å². The van der Waals surface area contributed by atoms with Crippen molar-refractivity contribution >= 4 is 11.6 Å². The van der Waals surface area contributed by atoms with Crippen LogP contribution in [-0.4, -0.2) is 33.2 Å². The van der Waals surface area contributed by atoms with E-state index in [0.717, 1.165) is 47.7 Å². The summed E-state index contributed by atoms with van der Waals surface area (Å²) < 4.78 is 10.9. The number of anilines is 1. The summed E-state index contributed by atoms with van der Waals surface area (Å²) in [6.45, 7) is 3.44. The number of carbonyl (C=O) groups excluding carboxylic acids is 1. The minimum Gasteiger partial charge on any atom is -0.497 e. The molecule has 1 fully saturated rings. The summed E-state index contributed by atoms with van der Waals surface area (Å²) in [6, 6.07) is 14.0. The number of methoxy groups -OCH3 is 2. The SMILES string of the molecule is COc1ccc(OC)c([C@@H]2CCC[NH+]2CC(=O)Nc2cccc(C)c2)c1. The van der Waals surface area contributed by atoms with E-state index in [1.165, 1.54) is 4.90 Å². The molecule has 2 N–H and O–H groups in total. The van der Waals surface area contributed by atoms with Gasteiger partial charge in [0.1, 0.15) is 17.5 Å². The molecule has 2 atom stereocenters. The summed E-state index contributed by atoms with van der Waals surface area (Å²) in [5.74, 6) is 1.71. The van der Waals surface area contributed by atoms with Crippen LogP contribution in [0.5, 0.6) is 11.5 Å². The van der Waals surface area contributed by atoms with Gasteiger partial charge in [0.15, 0.2) is 6.54 Å². The summed E-state index contributed by atoms with van der Waals surface area (Å²) in [5, 5.41) is 3.02. The Bertz CT molecular complexity index is 776. The fraction of sp³-hybridized carbons (Fsp3) is 0.381. The number of amides is 1. The van der Waals surface area contributed by atoms with Crippen LogP contribution in [0.25, 0.3) is 0 Å². The van der Waals surface area contributed by atoms with Crippen molar-refractivity contribution in [2.75, 3.05) is 32.6 Å². The van der Waals surface area contributed by atoms with Gasteiger partial charge in [0.05, 0.1) is 26.3 Å². The van der Waals surface area contributed by atoms with Gasteiger partial charge in [0.25, 0.3) is 5.91 Å². The van der Waals surface area contributed by atoms with Crippen LogP contribution in [0.2, 0.25) is 0 Å². The highest BCUT2D eigenvalue weighted by Crippen LogP contribution is 2.31. The standard InChI is InChI=1S/C21H26N2O3/c1-15-6-4-7-16(12-15)22-21(24)14-23-11-5-8-19(23)18-13-17(25-2)9-10-20(18)26-3/h4,6-7,9-10,12-13,19H,5,8,11,14H2,1-3H3,(H,22,24)/p+1/t19-/m0/s1. The average molecular weight is 355 g/mol. The molecule has 2 aromatic rings. The molecular weight excluding hydrogens is 328 g/mol. The average Bonchev–Trinajstić information content (AvgIpc) is 3.08. The summed E-state index contributed by atoms with van der Waals surface area (Å²) in [6.07, 6.45) is 2.13. The predicted molar refractivity (Wildman–Crippen MR) is 102 cm³/mol. The normalized spacial score (nSPS) is 19.2. The van der Waals surface area contributed by atoms with Gasteiger partial charge in [0, 0.05) is 18.5 Å². The van der Waals surface area contributed by atoms with Gasteiger partial charge in [-0.2, -0.15) is 0 Å². The molecule has 1 unspecified atom stereocenters. The van der Waals surface area contributed by atoms with Crippen LogP contribution in [0.3, 0.4) is 0 Å². The second-order valence-corrected chi connectivity index (χ2v) is 6.81. The van der Waals surface area contributed by atoms with Crippen LogP contribution in [-0.2, 0) is 4.79 Å². The number of likely N-dealkylation sites (tertiary alicyclic amines) is 1. The lowest BCUT2D eigenvalue weighted by molar-refractivity contribution is -0.910. The monoisotopic (exact) mass is 355 g/mol. The van der Waals surface area contributed by atoms with E-state index < -0.39 is 0 Å². The Kier molecular flexibility index (Phi) is 5.78. The molecular formula is C21H27N2O3+. The van der Waals surface area contributed by atoms with Gasteiger partial charge in [-0.15, -0.1) is 0 Å². The minimum absolute atomic E-state index is 0.0411. The first-order valence-corrected chi connectivity index (χ1v) is 9.03. The molecule has 1 aliphatic heterocycles. The summed E-state index contributed by atoms with van der Waals surface area (Å²) >= 11 is 0. The maximum atomic E-state index is 12.5. The molecule has 3 rings (SSSR count). The van der Waals surface area contributed by atoms with Crippen LogP contribution in [0.15, 0.2) is 42.5 Å². The summed E-state index contributed by atoms with van der Waals surface area (Å²) in [5.41, 5.74) is 3.10. The van der Waals surface area contributed by atoms with Gasteiger partial charge in [-0.3, -0.25) is 4.79 Å². The number of hydrogen-bond donors (Lipinski definition) is 2. The maximum Gasteiger partial charge on any atom is 0.279 e. The van der Waals surface area contributed by atoms with Crippen molar-refractivity contribution in [2.45, 2.75) is 25.8 Å². The second-order valence-electron chi connectivity index (χ2n) is 6.81. The highest BCUT2D eigenvalue weighted by atomic mass is 16.5. The fourth-order valence-corrected chi connectivity index (χ4v) is 3.74. The minimum atomic E-state index is 0.0411. The van der Waals surface area contributed by atoms with E-state index in [2.05, 4.69) is 5.32 Å². The number of nitrogens with one attached hydrogen (secondary N) is 2. The van der Waals surface area contributed by atoms with E-state index >= 15 is 0 Å². The lowest BCUT2D eigenvalue weighted by atomic mass is 10.0. The number of ether oxygens (including phenoxy) is 2. The number of hydrogen-bond acceptors (Lipinski definition) is 3. The zero-order valence-corrected chi connectivity index (χ0v) is 15.7. The molecule has 0 radical (unpaired) electrons. The summed E-state index contributed by atoms with van der Waals surface area (Å²) in [4.78, 5) is 13.8. The zero-order chi connectivity index (χ0) is 18.5. The van der Waals surface area contributed by atoms with Gasteiger partial charge >= 0.3 is 0 Å². The fourth-order valence-electron chi connectivity index (χ4n) is 3.74. The first-order valence-electron chi connectivity index (χ1n) is 9.03. The van der Waals surface area contributed by atoms with Crippen molar-refractivity contribution in [3.05, 3.63) is 53.6 Å². The molecule has 0 saturated carbocycles. The molecule has 0 bridgehead atoms. The quantitative estimate of drug-likeness (QED) is 0.836. The van der Waals surface area contributed by atoms with Gasteiger partial charge in [-0.05, 0) is 42.8 Å². The Balaban J connectivity index is 1.73. The van der Waals surface area contributed by atoms with Crippen molar-refractivity contribution in [1.82, 2.24) is 0 Å². The van der Waals surface area contributed by atoms with E-state index in [9.17, 15) is 4.79 Å². The third-order valence-electron chi connectivity index (χ3n) is 4.99. The largest absolute Gasteiger partial charge is 0.497 e. The molecule has 0 aromatic heterocycles. The number of benzene rings is 2. The number of quaternary nitrogens is 1. The Morgan fingerprint density at radius 2 is 2.04 bits per heavy atom. The van der Waals surface area contributed by atoms with E-state index in [-0.39, 0.29) is 11.9 Å². The van der Waals surface area contributed by atoms with Crippen LogP contribution in [0.4, 0.5) is 5.69 Å². The van der Waals surface area contributed by atoms with E-state index in [1.54, 1.807) is 14.2 Å². The Morgan fingerprint density at radius 1 is 1.19 bits per heavy atom. The van der Waals surface area contributed by atoms with Gasteiger partial charge in [0.2, 0.25) is 0 Å². The lowest BCUT2D eigenvalue weighted by Crippen LogP contribution is -3.11. The summed E-state index contributed by atoms with van der Waals surface area (Å²) in [7, 11) is 3.35. The van der Waals surface area contributed by atoms with Gasteiger partial charge in [-0.25, -0.2) is 0 Å². The first-order chi connectivity index (χ1) is 12.6. The smallest absolute Gasteiger partial charge is 0.279 e. The first kappa shape index (κ1) is 18.3. The molecule has 0 aliphatic carbocycles. The highest BCUT2D eigenvalue weighted by Gasteiger charge is 2.34. The maximum absolute atomic E-state index is 12.5. The van der Waals surface area contributed by atoms with Crippen molar-refractivity contribution in [1.29, 1.82) is 0 Å². The molecule has 2 aromatic carbocycles. The van der Waals surface area contributed by atoms with Crippen LogP contribution < -0.4 is 19.7 Å². The molecule has 5 nitrogen and oxygen atoms in total. The Labute approximate surface area is 154 Å². The van der Waals surface area contributed by atoms with Crippen molar-refractivity contribution < 1.29 is 19.2 Å². The zero-order valence-electron chi connectivity index (χ0n) is 15.7. The number of rotatable bonds is 6. The van der Waals surface area contributed by atoms with Crippen LogP contribution in [0, 0.1) is 6.92 Å². The van der Waals surface area contributed by atoms with Crippen molar-refractivity contribution in [3.63, 3.8) is 0 Å². The third kappa shape index (κ3) is 4.17. The van der Waals surface area contributed by atoms with Gasteiger partial charge in [-0.1, -0.05) is 12.1 Å². The third-order valence-corrected chi connectivity index (χ3v) is 4.99. The molecule has 0 spiro atoms. The molecule has 1 saturated heterocycles. The Hall–Kier alpha value is -2.53. The lowest BCUT2D eigenvalue weighted by Gasteiger charge is -2.23. The van der Waals surface area contributed by atoms with Crippen LogP contribution >= 0.6 is 0 Å². The number of aryl methyl sites for hydroxylation is 1. The van der Waals surface area contributed by atoms with Crippen LogP contribution in [0.1, 0.15) is 30.0 Å². The molecule has 5 heteroatoms. The molecule has 1 amide bonds. The van der Waals surface area contributed by atoms with E-state index in [0.29, 0.717) is 6.54 Å². The second kappa shape index (κ2) is 8.23. The molecule has 1 heterocycles. The van der Waals surface area contributed by atoms with E-state index in [1.807, 2.05) is 49.4 Å². The predicted octanol–water partition coefficient (Wildman–Crippen LogP) is 2.37. The topological polar surface area (TPSA) is 52.0 Å². The van der Waals surface area contributed by atoms with Crippen molar-refractivity contribution in [2.24, 2.45) is 0 Å². The molecule has 26 heavy (non-hydrogen) atoms. The highest BCUT2D eigenvalue weighted by molar-refractivity contribution is 5.91. The molecule has 1 aliphatic rings.